The van der Waals surface area contributed by atoms with Crippen LogP contribution in [0.15, 0.2) is 24.3 Å². The molecule has 18 heavy (non-hydrogen) atoms. The van der Waals surface area contributed by atoms with E-state index in [1.807, 2.05) is 6.92 Å². The molecule has 0 aliphatic carbocycles. The Labute approximate surface area is 109 Å². The van der Waals surface area contributed by atoms with Gasteiger partial charge in [0.15, 0.2) is 6.61 Å². The fourth-order valence-corrected chi connectivity index (χ4v) is 1.54. The van der Waals surface area contributed by atoms with Crippen LogP contribution in [0.25, 0.3) is 0 Å². The van der Waals surface area contributed by atoms with Crippen LogP contribution < -0.4 is 15.8 Å². The van der Waals surface area contributed by atoms with Gasteiger partial charge >= 0.3 is 0 Å². The van der Waals surface area contributed by atoms with Gasteiger partial charge in [-0.15, -0.1) is 0 Å². The molecule has 0 aliphatic heterocycles. The molecule has 0 aliphatic rings. The summed E-state index contributed by atoms with van der Waals surface area (Å²) in [4.78, 5) is 11.7. The van der Waals surface area contributed by atoms with Crippen molar-refractivity contribution in [1.29, 1.82) is 0 Å². The third kappa shape index (κ3) is 4.65. The summed E-state index contributed by atoms with van der Waals surface area (Å²) in [7, 11) is 0. The summed E-state index contributed by atoms with van der Waals surface area (Å²) < 4.78 is 5.37. The van der Waals surface area contributed by atoms with E-state index in [9.17, 15) is 4.79 Å². The minimum Gasteiger partial charge on any atom is -0.484 e. The van der Waals surface area contributed by atoms with Crippen LogP contribution in [0.1, 0.15) is 27.2 Å². The molecule has 0 heterocycles. The van der Waals surface area contributed by atoms with Crippen molar-refractivity contribution in [1.82, 2.24) is 5.32 Å². The average Bonchev–Trinajstić information content (AvgIpc) is 2.35. The van der Waals surface area contributed by atoms with E-state index in [0.717, 1.165) is 6.42 Å². The molecule has 0 bridgehead atoms. The van der Waals surface area contributed by atoms with Gasteiger partial charge in [0.2, 0.25) is 0 Å². The molecule has 3 N–H and O–H groups in total. The molecule has 0 radical (unpaired) electrons. The first-order valence-corrected chi connectivity index (χ1v) is 6.30. The molecule has 100 valence electrons. The molecule has 4 nitrogen and oxygen atoms in total. The molecule has 1 aromatic rings. The van der Waals surface area contributed by atoms with E-state index in [0.29, 0.717) is 17.4 Å². The third-order valence-corrected chi connectivity index (χ3v) is 3.11. The van der Waals surface area contributed by atoms with Crippen molar-refractivity contribution >= 4 is 11.6 Å². The summed E-state index contributed by atoms with van der Waals surface area (Å²) in [6, 6.07) is 7.21. The van der Waals surface area contributed by atoms with Crippen molar-refractivity contribution < 1.29 is 9.53 Å². The fraction of sp³-hybridized carbons (Fsp3) is 0.500. The Bertz CT molecular complexity index is 393. The van der Waals surface area contributed by atoms with Crippen LogP contribution >= 0.6 is 0 Å². The number of ether oxygens (including phenoxy) is 1. The number of nitrogens with two attached hydrogens (primary N) is 1. The Morgan fingerprint density at radius 2 is 2.17 bits per heavy atom. The normalized spacial score (nSPS) is 13.7. The summed E-state index contributed by atoms with van der Waals surface area (Å²) in [6.45, 7) is 6.25. The van der Waals surface area contributed by atoms with Gasteiger partial charge in [-0.3, -0.25) is 4.79 Å². The first-order chi connectivity index (χ1) is 8.52. The number of amides is 1. The Balaban J connectivity index is 2.37. The SMILES string of the molecule is CCC(C)C(C)NC(=O)COc1cccc(N)c1. The van der Waals surface area contributed by atoms with Gasteiger partial charge in [-0.1, -0.05) is 26.3 Å². The van der Waals surface area contributed by atoms with Gasteiger partial charge in [0.05, 0.1) is 0 Å². The second-order valence-corrected chi connectivity index (χ2v) is 4.60. The minimum atomic E-state index is -0.106. The largest absolute Gasteiger partial charge is 0.484 e. The number of carbonyl (C=O) groups excluding carboxylic acids is 1. The van der Waals surface area contributed by atoms with Crippen LogP contribution in [0.2, 0.25) is 0 Å². The van der Waals surface area contributed by atoms with Crippen LogP contribution in [0.5, 0.6) is 5.75 Å². The summed E-state index contributed by atoms with van der Waals surface area (Å²) in [5.41, 5.74) is 6.25. The van der Waals surface area contributed by atoms with E-state index in [4.69, 9.17) is 10.5 Å². The zero-order valence-corrected chi connectivity index (χ0v) is 11.3. The van der Waals surface area contributed by atoms with Crippen molar-refractivity contribution in [2.75, 3.05) is 12.3 Å². The summed E-state index contributed by atoms with van der Waals surface area (Å²) in [5, 5.41) is 2.92. The Morgan fingerprint density at radius 3 is 2.78 bits per heavy atom. The Kier molecular flexibility index (Phi) is 5.49. The molecule has 0 saturated carbocycles. The molecule has 2 unspecified atom stereocenters. The maximum absolute atomic E-state index is 11.7. The first-order valence-electron chi connectivity index (χ1n) is 6.30. The van der Waals surface area contributed by atoms with Gasteiger partial charge < -0.3 is 15.8 Å². The third-order valence-electron chi connectivity index (χ3n) is 3.11. The van der Waals surface area contributed by atoms with Gasteiger partial charge in [0.1, 0.15) is 5.75 Å². The van der Waals surface area contributed by atoms with Crippen LogP contribution in [-0.2, 0) is 4.79 Å². The van der Waals surface area contributed by atoms with Crippen molar-refractivity contribution in [3.63, 3.8) is 0 Å². The van der Waals surface area contributed by atoms with E-state index in [1.54, 1.807) is 24.3 Å². The molecule has 4 heteroatoms. The van der Waals surface area contributed by atoms with Crippen molar-refractivity contribution in [2.24, 2.45) is 5.92 Å². The zero-order valence-electron chi connectivity index (χ0n) is 11.3. The summed E-state index contributed by atoms with van der Waals surface area (Å²) in [6.07, 6.45) is 1.04. The Morgan fingerprint density at radius 1 is 1.44 bits per heavy atom. The number of nitrogens with one attached hydrogen (secondary N) is 1. The molecule has 1 aromatic carbocycles. The topological polar surface area (TPSA) is 64.3 Å². The highest BCUT2D eigenvalue weighted by molar-refractivity contribution is 5.77. The standard InChI is InChI=1S/C14H22N2O2/c1-4-10(2)11(3)16-14(17)9-18-13-7-5-6-12(15)8-13/h5-8,10-11H,4,9,15H2,1-3H3,(H,16,17). The lowest BCUT2D eigenvalue weighted by molar-refractivity contribution is -0.124. The average molecular weight is 250 g/mol. The summed E-state index contributed by atoms with van der Waals surface area (Å²) >= 11 is 0. The second-order valence-electron chi connectivity index (χ2n) is 4.60. The molecular weight excluding hydrogens is 228 g/mol. The molecule has 1 rings (SSSR count). The predicted molar refractivity (Wildman–Crippen MR) is 73.4 cm³/mol. The number of carbonyl (C=O) groups is 1. The van der Waals surface area contributed by atoms with Crippen LogP contribution in [-0.4, -0.2) is 18.6 Å². The van der Waals surface area contributed by atoms with Gasteiger partial charge in [-0.25, -0.2) is 0 Å². The number of nitrogen functional groups attached to an aromatic ring is 1. The van der Waals surface area contributed by atoms with Gasteiger partial charge in [0.25, 0.3) is 5.91 Å². The lowest BCUT2D eigenvalue weighted by Crippen LogP contribution is -2.39. The molecule has 1 amide bonds. The van der Waals surface area contributed by atoms with E-state index in [2.05, 4.69) is 19.2 Å². The lowest BCUT2D eigenvalue weighted by Gasteiger charge is -2.19. The molecule has 2 atom stereocenters. The smallest absolute Gasteiger partial charge is 0.258 e. The highest BCUT2D eigenvalue weighted by Gasteiger charge is 2.13. The van der Waals surface area contributed by atoms with Crippen molar-refractivity contribution in [3.8, 4) is 5.75 Å². The van der Waals surface area contributed by atoms with E-state index < -0.39 is 0 Å². The van der Waals surface area contributed by atoms with Crippen molar-refractivity contribution in [2.45, 2.75) is 33.2 Å². The number of rotatable bonds is 6. The Hall–Kier alpha value is -1.71. The van der Waals surface area contributed by atoms with Gasteiger partial charge in [-0.2, -0.15) is 0 Å². The van der Waals surface area contributed by atoms with Crippen LogP contribution in [0, 0.1) is 5.92 Å². The number of hydrogen-bond donors (Lipinski definition) is 2. The van der Waals surface area contributed by atoms with Crippen LogP contribution in [0.4, 0.5) is 5.69 Å². The second kappa shape index (κ2) is 6.89. The number of anilines is 1. The van der Waals surface area contributed by atoms with Crippen LogP contribution in [0.3, 0.4) is 0 Å². The van der Waals surface area contributed by atoms with E-state index in [1.165, 1.54) is 0 Å². The lowest BCUT2D eigenvalue weighted by atomic mass is 10.0. The van der Waals surface area contributed by atoms with Gasteiger partial charge in [-0.05, 0) is 25.0 Å². The highest BCUT2D eigenvalue weighted by atomic mass is 16.5. The van der Waals surface area contributed by atoms with Crippen molar-refractivity contribution in [3.05, 3.63) is 24.3 Å². The molecule has 0 spiro atoms. The number of hydrogen-bond acceptors (Lipinski definition) is 3. The van der Waals surface area contributed by atoms with E-state index in [-0.39, 0.29) is 18.6 Å². The minimum absolute atomic E-state index is 0.0181. The molecule has 0 fully saturated rings. The molecule has 0 aromatic heterocycles. The maximum Gasteiger partial charge on any atom is 0.258 e. The van der Waals surface area contributed by atoms with E-state index >= 15 is 0 Å². The fourth-order valence-electron chi connectivity index (χ4n) is 1.54. The quantitative estimate of drug-likeness (QED) is 0.761. The molecule has 0 saturated heterocycles. The predicted octanol–water partition coefficient (Wildman–Crippen LogP) is 2.20. The zero-order chi connectivity index (χ0) is 13.5. The monoisotopic (exact) mass is 250 g/mol. The molecular formula is C14H22N2O2. The maximum atomic E-state index is 11.7. The van der Waals surface area contributed by atoms with Gasteiger partial charge in [0, 0.05) is 17.8 Å². The first kappa shape index (κ1) is 14.4. The summed E-state index contributed by atoms with van der Waals surface area (Å²) in [5.74, 6) is 0.966. The number of benzene rings is 1. The highest BCUT2D eigenvalue weighted by Crippen LogP contribution is 2.14.